The van der Waals surface area contributed by atoms with Crippen LogP contribution in [0.25, 0.3) is 0 Å². The fraction of sp³-hybridized carbons (Fsp3) is 0.900. The summed E-state index contributed by atoms with van der Waals surface area (Å²) in [4.78, 5) is 22.1. The molecule has 0 bridgehead atoms. The summed E-state index contributed by atoms with van der Waals surface area (Å²) in [5, 5.41) is 22.1. The first-order chi connectivity index (χ1) is 13.0. The summed E-state index contributed by atoms with van der Waals surface area (Å²) in [5.41, 5.74) is 0. The Morgan fingerprint density at radius 3 is 1.30 bits per heavy atom. The predicted molar refractivity (Wildman–Crippen MR) is 117 cm³/mol. The normalized spacial score (nSPS) is 11.6. The van der Waals surface area contributed by atoms with E-state index in [1.54, 1.807) is 17.9 Å². The van der Waals surface area contributed by atoms with Gasteiger partial charge in [-0.1, -0.05) is 0 Å². The van der Waals surface area contributed by atoms with Crippen LogP contribution >= 0.6 is 17.9 Å². The minimum atomic E-state index is -2.94. The second kappa shape index (κ2) is 18.5. The summed E-state index contributed by atoms with van der Waals surface area (Å²) in [6, 6.07) is 0. The number of aliphatic carboxylic acids is 2. The van der Waals surface area contributed by atoms with Crippen molar-refractivity contribution >= 4 is 45.4 Å². The molecule has 0 aliphatic rings. The maximum atomic E-state index is 11.0. The van der Waals surface area contributed by atoms with Crippen LogP contribution in [-0.4, -0.2) is 39.1 Å². The number of carboxylic acids is 2. The van der Waals surface area contributed by atoms with Gasteiger partial charge in [-0.2, -0.15) is 0 Å². The van der Waals surface area contributed by atoms with Gasteiger partial charge in [-0.25, -0.2) is 0 Å². The number of carboxylic acid groups (broad SMARTS) is 2. The van der Waals surface area contributed by atoms with Crippen LogP contribution in [0.3, 0.4) is 0 Å². The average molecular weight is 525 g/mol. The van der Waals surface area contributed by atoms with E-state index in [2.05, 4.69) is 13.8 Å². The van der Waals surface area contributed by atoms with Crippen molar-refractivity contribution in [2.75, 3.05) is 11.5 Å². The van der Waals surface area contributed by atoms with Crippen LogP contribution in [0, 0.1) is 0 Å². The molecule has 27 heavy (non-hydrogen) atoms. The molecule has 7 heteroatoms. The molecule has 0 fully saturated rings. The topological polar surface area (TPSA) is 80.3 Å². The first kappa shape index (κ1) is 27.4. The van der Waals surface area contributed by atoms with Crippen molar-refractivity contribution in [1.82, 2.24) is 0 Å². The van der Waals surface area contributed by atoms with Crippen LogP contribution in [0.1, 0.15) is 90.9 Å². The van der Waals surface area contributed by atoms with E-state index in [1.165, 1.54) is 64.2 Å². The Morgan fingerprint density at radius 2 is 0.963 bits per heavy atom. The summed E-state index contributed by atoms with van der Waals surface area (Å²) in [6.45, 7) is 4.41. The van der Waals surface area contributed by atoms with E-state index < -0.39 is 27.5 Å². The van der Waals surface area contributed by atoms with Crippen molar-refractivity contribution < 1.29 is 19.8 Å². The predicted octanol–water partition coefficient (Wildman–Crippen LogP) is 4.12. The second-order valence-electron chi connectivity index (χ2n) is 7.27. The fourth-order valence-electron chi connectivity index (χ4n) is 3.19. The molecule has 0 heterocycles. The molecule has 0 aliphatic heterocycles. The molecule has 0 rings (SSSR count). The third-order valence-electron chi connectivity index (χ3n) is 4.73. The molecule has 4 nitrogen and oxygen atoms in total. The van der Waals surface area contributed by atoms with Crippen molar-refractivity contribution in [3.05, 3.63) is 0 Å². The van der Waals surface area contributed by atoms with Gasteiger partial charge in [0, 0.05) is 0 Å². The summed E-state index contributed by atoms with van der Waals surface area (Å²) >= 11 is -2.94. The Balaban J connectivity index is 4.67. The van der Waals surface area contributed by atoms with Crippen LogP contribution in [-0.2, 0) is 9.59 Å². The Labute approximate surface area is 175 Å². The quantitative estimate of drug-likeness (QED) is 0.176. The monoisotopic (exact) mass is 526 g/mol. The number of hydrogen-bond donors (Lipinski definition) is 0. The molecule has 0 aromatic rings. The van der Waals surface area contributed by atoms with Crippen LogP contribution < -0.4 is 10.2 Å². The van der Waals surface area contributed by atoms with Crippen molar-refractivity contribution in [2.24, 2.45) is 0 Å². The fourth-order valence-corrected chi connectivity index (χ4v) is 29.9. The van der Waals surface area contributed by atoms with Crippen molar-refractivity contribution in [3.8, 4) is 0 Å². The molecule has 0 aromatic heterocycles. The van der Waals surface area contributed by atoms with E-state index in [1.807, 2.05) is 0 Å². The van der Waals surface area contributed by atoms with E-state index >= 15 is 0 Å². The van der Waals surface area contributed by atoms with E-state index in [4.69, 9.17) is 0 Å². The molecule has 0 saturated carbocycles. The Hall–Kier alpha value is 0.439. The number of rotatable bonds is 20. The van der Waals surface area contributed by atoms with Crippen molar-refractivity contribution in [2.45, 2.75) is 99.8 Å². The van der Waals surface area contributed by atoms with Gasteiger partial charge in [-0.15, -0.1) is 0 Å². The van der Waals surface area contributed by atoms with Gasteiger partial charge in [0.25, 0.3) is 0 Å². The zero-order valence-corrected chi connectivity index (χ0v) is 21.8. The SMILES string of the molecule is CCCCCCC[CH2][Sn]([CH2]CCCCCCC)([S]CC(=O)[O-])[S]CC(=O)[O-]. The summed E-state index contributed by atoms with van der Waals surface area (Å²) in [6.07, 6.45) is 14.5. The molecule has 0 radical (unpaired) electrons. The molecule has 160 valence electrons. The van der Waals surface area contributed by atoms with Crippen molar-refractivity contribution in [3.63, 3.8) is 0 Å². The van der Waals surface area contributed by atoms with E-state index in [0.717, 1.165) is 21.7 Å². The van der Waals surface area contributed by atoms with Gasteiger partial charge >= 0.3 is 177 Å². The van der Waals surface area contributed by atoms with E-state index in [0.29, 0.717) is 0 Å². The summed E-state index contributed by atoms with van der Waals surface area (Å²) in [7, 11) is 3.15. The number of unbranched alkanes of at least 4 members (excludes halogenated alkanes) is 10. The van der Waals surface area contributed by atoms with Crippen LogP contribution in [0.5, 0.6) is 0 Å². The van der Waals surface area contributed by atoms with Gasteiger partial charge in [-0.3, -0.25) is 0 Å². The van der Waals surface area contributed by atoms with Gasteiger partial charge in [-0.05, 0) is 0 Å². The third-order valence-corrected chi connectivity index (χ3v) is 34.6. The molecule has 0 spiro atoms. The molecule has 0 unspecified atom stereocenters. The first-order valence-corrected chi connectivity index (χ1v) is 23.6. The Kier molecular flexibility index (Phi) is 18.8. The number of hydrogen-bond acceptors (Lipinski definition) is 6. The summed E-state index contributed by atoms with van der Waals surface area (Å²) in [5.74, 6) is -2.02. The molecule has 0 aromatic carbocycles. The Bertz CT molecular complexity index is 358. The van der Waals surface area contributed by atoms with E-state index in [-0.39, 0.29) is 11.5 Å². The zero-order valence-electron chi connectivity index (χ0n) is 17.3. The molecular formula is C20H38O4S2Sn-2. The van der Waals surface area contributed by atoms with Gasteiger partial charge in [0.15, 0.2) is 0 Å². The van der Waals surface area contributed by atoms with Gasteiger partial charge in [0.1, 0.15) is 0 Å². The maximum absolute atomic E-state index is 11.0. The average Bonchev–Trinajstić information content (AvgIpc) is 2.63. The summed E-state index contributed by atoms with van der Waals surface area (Å²) < 4.78 is 2.12. The number of carbonyl (C=O) groups excluding carboxylic acids is 2. The van der Waals surface area contributed by atoms with E-state index in [9.17, 15) is 19.8 Å². The molecule has 0 amide bonds. The molecule has 0 atom stereocenters. The molecule has 0 saturated heterocycles. The van der Waals surface area contributed by atoms with Crippen molar-refractivity contribution in [1.29, 1.82) is 0 Å². The molecule has 0 aliphatic carbocycles. The third kappa shape index (κ3) is 17.0. The zero-order chi connectivity index (χ0) is 20.4. The van der Waals surface area contributed by atoms with Gasteiger partial charge < -0.3 is 0 Å². The van der Waals surface area contributed by atoms with Crippen LogP contribution in [0.15, 0.2) is 0 Å². The molecular weight excluding hydrogens is 487 g/mol. The van der Waals surface area contributed by atoms with Gasteiger partial charge in [0.2, 0.25) is 0 Å². The number of carbonyl (C=O) groups is 2. The van der Waals surface area contributed by atoms with Gasteiger partial charge in [0.05, 0.1) is 0 Å². The van der Waals surface area contributed by atoms with Crippen LogP contribution in [0.2, 0.25) is 8.87 Å². The Morgan fingerprint density at radius 1 is 0.630 bits per heavy atom. The molecule has 0 N–H and O–H groups in total. The minimum absolute atomic E-state index is 0.0157. The standard InChI is InChI=1S/2C8H17.2C2H4O2S.Sn/c2*1-3-5-7-8-6-4-2;2*3-2(4)1-5;/h2*1,3-8H2,2H3;2*5H,1H2,(H,3,4);/q;;;;+2/p-4. The first-order valence-electron chi connectivity index (χ1n) is 10.6. The second-order valence-corrected chi connectivity index (χ2v) is 33.6. The van der Waals surface area contributed by atoms with Crippen LogP contribution in [0.4, 0.5) is 0 Å².